The van der Waals surface area contributed by atoms with Crippen LogP contribution < -0.4 is 0 Å². The van der Waals surface area contributed by atoms with Crippen molar-refractivity contribution in [2.24, 2.45) is 0 Å². The van der Waals surface area contributed by atoms with Gasteiger partial charge in [-0.15, -0.1) is 11.8 Å². The number of hydrogen-bond acceptors (Lipinski definition) is 5. The van der Waals surface area contributed by atoms with Gasteiger partial charge in [-0.2, -0.15) is 4.98 Å². The lowest BCUT2D eigenvalue weighted by molar-refractivity contribution is 0.0315. The fraction of sp³-hybridized carbons (Fsp3) is 0.833. The smallest absolute Gasteiger partial charge is 0.239 e. The minimum Gasteiger partial charge on any atom is -0.377 e. The Morgan fingerprint density at radius 2 is 2.35 bits per heavy atom. The molecular weight excluding hydrogens is 236 g/mol. The third-order valence-electron chi connectivity index (χ3n) is 2.95. The number of aromatic nitrogens is 2. The van der Waals surface area contributed by atoms with Crippen LogP contribution in [0.25, 0.3) is 0 Å². The Balaban J connectivity index is 1.77. The van der Waals surface area contributed by atoms with Gasteiger partial charge in [-0.05, 0) is 26.2 Å². The first-order chi connectivity index (χ1) is 8.29. The van der Waals surface area contributed by atoms with E-state index in [1.54, 1.807) is 0 Å². The average Bonchev–Trinajstić information content (AvgIpc) is 2.86. The minimum absolute atomic E-state index is 0.258. The van der Waals surface area contributed by atoms with Crippen molar-refractivity contribution in [1.82, 2.24) is 10.1 Å². The van der Waals surface area contributed by atoms with Crippen LogP contribution in [-0.4, -0.2) is 28.6 Å². The minimum atomic E-state index is 0.258. The number of ether oxygens (including phenoxy) is 1. The third-order valence-corrected chi connectivity index (χ3v) is 4.22. The molecule has 0 spiro atoms. The highest BCUT2D eigenvalue weighted by atomic mass is 32.2. The molecule has 1 fully saturated rings. The van der Waals surface area contributed by atoms with Gasteiger partial charge in [0.2, 0.25) is 5.89 Å². The van der Waals surface area contributed by atoms with Crippen LogP contribution in [0.2, 0.25) is 0 Å². The van der Waals surface area contributed by atoms with Crippen LogP contribution in [0.5, 0.6) is 0 Å². The zero-order valence-corrected chi connectivity index (χ0v) is 11.3. The topological polar surface area (TPSA) is 48.2 Å². The zero-order valence-electron chi connectivity index (χ0n) is 10.5. The second-order valence-electron chi connectivity index (χ2n) is 4.37. The summed E-state index contributed by atoms with van der Waals surface area (Å²) in [6.45, 7) is 5.06. The molecule has 96 valence electrons. The molecule has 1 aliphatic rings. The summed E-state index contributed by atoms with van der Waals surface area (Å²) in [6, 6.07) is 0. The van der Waals surface area contributed by atoms with Gasteiger partial charge < -0.3 is 9.26 Å². The van der Waals surface area contributed by atoms with Crippen molar-refractivity contribution in [1.29, 1.82) is 0 Å². The van der Waals surface area contributed by atoms with Crippen LogP contribution >= 0.6 is 11.8 Å². The molecule has 1 aliphatic heterocycles. The molecule has 0 radical (unpaired) electrons. The van der Waals surface area contributed by atoms with Crippen molar-refractivity contribution in [3.63, 3.8) is 0 Å². The first kappa shape index (κ1) is 12.9. The predicted molar refractivity (Wildman–Crippen MR) is 68.1 cm³/mol. The Hall–Kier alpha value is -0.550. The SMILES string of the molecule is CCc1noc(C(C)SCC2CCCCO2)n1. The van der Waals surface area contributed by atoms with E-state index in [1.165, 1.54) is 19.3 Å². The molecule has 1 aromatic heterocycles. The molecule has 0 N–H and O–H groups in total. The summed E-state index contributed by atoms with van der Waals surface area (Å²) in [4.78, 5) is 4.35. The molecule has 0 aliphatic carbocycles. The number of rotatable bonds is 5. The Kier molecular flexibility index (Phi) is 4.86. The van der Waals surface area contributed by atoms with E-state index in [9.17, 15) is 0 Å². The van der Waals surface area contributed by atoms with Gasteiger partial charge >= 0.3 is 0 Å². The lowest BCUT2D eigenvalue weighted by Gasteiger charge is -2.22. The summed E-state index contributed by atoms with van der Waals surface area (Å²) in [5.74, 6) is 2.55. The van der Waals surface area contributed by atoms with Crippen molar-refractivity contribution in [3.05, 3.63) is 11.7 Å². The maximum absolute atomic E-state index is 5.70. The lowest BCUT2D eigenvalue weighted by Crippen LogP contribution is -2.21. The highest BCUT2D eigenvalue weighted by Gasteiger charge is 2.19. The molecular formula is C12H20N2O2S. The number of hydrogen-bond donors (Lipinski definition) is 0. The van der Waals surface area contributed by atoms with Gasteiger partial charge in [0.25, 0.3) is 0 Å². The molecule has 1 saturated heterocycles. The number of nitrogens with zero attached hydrogens (tertiary/aromatic N) is 2. The van der Waals surface area contributed by atoms with Crippen molar-refractivity contribution in [2.75, 3.05) is 12.4 Å². The van der Waals surface area contributed by atoms with Crippen LogP contribution in [0, 0.1) is 0 Å². The first-order valence-corrected chi connectivity index (χ1v) is 7.40. The largest absolute Gasteiger partial charge is 0.377 e. The summed E-state index contributed by atoms with van der Waals surface area (Å²) in [6.07, 6.45) is 4.92. The van der Waals surface area contributed by atoms with Gasteiger partial charge in [-0.1, -0.05) is 12.1 Å². The molecule has 17 heavy (non-hydrogen) atoms. The van der Waals surface area contributed by atoms with Gasteiger partial charge in [0, 0.05) is 18.8 Å². The Bertz CT molecular complexity index is 337. The molecule has 4 nitrogen and oxygen atoms in total. The molecule has 0 saturated carbocycles. The van der Waals surface area contributed by atoms with E-state index >= 15 is 0 Å². The summed E-state index contributed by atoms with van der Waals surface area (Å²) in [5, 5.41) is 4.18. The monoisotopic (exact) mass is 256 g/mol. The molecule has 2 rings (SSSR count). The number of thioether (sulfide) groups is 1. The van der Waals surface area contributed by atoms with Crippen LogP contribution in [0.1, 0.15) is 50.1 Å². The van der Waals surface area contributed by atoms with E-state index in [2.05, 4.69) is 17.1 Å². The van der Waals surface area contributed by atoms with Crippen LogP contribution in [-0.2, 0) is 11.2 Å². The van der Waals surface area contributed by atoms with E-state index in [0.29, 0.717) is 6.10 Å². The van der Waals surface area contributed by atoms with Gasteiger partial charge in [0.1, 0.15) is 0 Å². The zero-order chi connectivity index (χ0) is 12.1. The normalized spacial score (nSPS) is 22.6. The van der Waals surface area contributed by atoms with Crippen molar-refractivity contribution in [3.8, 4) is 0 Å². The molecule has 5 heteroatoms. The highest BCUT2D eigenvalue weighted by Crippen LogP contribution is 2.29. The van der Waals surface area contributed by atoms with Gasteiger partial charge in [-0.25, -0.2) is 0 Å². The molecule has 0 bridgehead atoms. The van der Waals surface area contributed by atoms with E-state index < -0.39 is 0 Å². The molecule has 2 heterocycles. The van der Waals surface area contributed by atoms with Crippen molar-refractivity contribution in [2.45, 2.75) is 50.9 Å². The van der Waals surface area contributed by atoms with E-state index in [-0.39, 0.29) is 5.25 Å². The Morgan fingerprint density at radius 1 is 1.47 bits per heavy atom. The Morgan fingerprint density at radius 3 is 3.00 bits per heavy atom. The fourth-order valence-electron chi connectivity index (χ4n) is 1.84. The maximum atomic E-state index is 5.70. The second kappa shape index (κ2) is 6.40. The number of aryl methyl sites for hydroxylation is 1. The summed E-state index contributed by atoms with van der Waals surface area (Å²) in [7, 11) is 0. The molecule has 0 aromatic carbocycles. The van der Waals surface area contributed by atoms with Crippen LogP contribution in [0.15, 0.2) is 4.52 Å². The maximum Gasteiger partial charge on any atom is 0.239 e. The summed E-state index contributed by atoms with van der Waals surface area (Å²) >= 11 is 1.84. The van der Waals surface area contributed by atoms with Crippen LogP contribution in [0.3, 0.4) is 0 Å². The molecule has 0 amide bonds. The molecule has 2 unspecified atom stereocenters. The average molecular weight is 256 g/mol. The van der Waals surface area contributed by atoms with E-state index in [4.69, 9.17) is 9.26 Å². The summed E-state index contributed by atoms with van der Waals surface area (Å²) < 4.78 is 10.9. The van der Waals surface area contributed by atoms with E-state index in [1.807, 2.05) is 18.7 Å². The summed E-state index contributed by atoms with van der Waals surface area (Å²) in [5.41, 5.74) is 0. The van der Waals surface area contributed by atoms with Crippen molar-refractivity contribution < 1.29 is 9.26 Å². The lowest BCUT2D eigenvalue weighted by atomic mass is 10.1. The van der Waals surface area contributed by atoms with Gasteiger partial charge in [-0.3, -0.25) is 0 Å². The van der Waals surface area contributed by atoms with E-state index in [0.717, 1.165) is 30.5 Å². The predicted octanol–water partition coefficient (Wildman–Crippen LogP) is 3.00. The van der Waals surface area contributed by atoms with Crippen LogP contribution in [0.4, 0.5) is 0 Å². The van der Waals surface area contributed by atoms with Gasteiger partial charge in [0.05, 0.1) is 11.4 Å². The third kappa shape index (κ3) is 3.71. The highest BCUT2D eigenvalue weighted by molar-refractivity contribution is 7.99. The van der Waals surface area contributed by atoms with Gasteiger partial charge in [0.15, 0.2) is 5.82 Å². The second-order valence-corrected chi connectivity index (χ2v) is 5.74. The molecule has 2 atom stereocenters. The quantitative estimate of drug-likeness (QED) is 0.810. The first-order valence-electron chi connectivity index (χ1n) is 6.35. The fourth-order valence-corrected chi connectivity index (χ4v) is 2.84. The van der Waals surface area contributed by atoms with Crippen molar-refractivity contribution >= 4 is 11.8 Å². The molecule has 1 aromatic rings. The standard InChI is InChI=1S/C12H20N2O2S/c1-3-11-13-12(16-14-11)9(2)17-8-10-6-4-5-7-15-10/h9-10H,3-8H2,1-2H3. The Labute approximate surface area is 106 Å².